The monoisotopic (exact) mass is 667 g/mol. The molecule has 0 aliphatic rings. The molecular weight excluding hydrogens is 635 g/mol. The molecule has 6 aromatic rings. The summed E-state index contributed by atoms with van der Waals surface area (Å²) in [5.74, 6) is 0.454. The Kier molecular flexibility index (Phi) is 10.2. The van der Waals surface area contributed by atoms with Crippen molar-refractivity contribution in [3.63, 3.8) is 0 Å². The summed E-state index contributed by atoms with van der Waals surface area (Å²) >= 11 is 1.41. The molecule has 9 heteroatoms. The number of benzene rings is 5. The van der Waals surface area contributed by atoms with Crippen molar-refractivity contribution in [1.29, 1.82) is 0 Å². The number of hydrogen-bond acceptors (Lipinski definition) is 6. The van der Waals surface area contributed by atoms with Crippen molar-refractivity contribution in [2.45, 2.75) is 17.1 Å². The fourth-order valence-corrected chi connectivity index (χ4v) is 6.02. The zero-order valence-corrected chi connectivity index (χ0v) is 27.6. The second-order valence-corrected chi connectivity index (χ2v) is 12.4. The molecule has 3 amide bonds. The number of hydrogen-bond donors (Lipinski definition) is 3. The summed E-state index contributed by atoms with van der Waals surface area (Å²) in [6.45, 7) is 1.85. The van der Waals surface area contributed by atoms with Gasteiger partial charge in [-0.2, -0.15) is 0 Å². The van der Waals surface area contributed by atoms with Gasteiger partial charge in [0.1, 0.15) is 23.0 Å². The molecule has 0 bridgehead atoms. The molecule has 0 aliphatic heterocycles. The third-order valence-corrected chi connectivity index (χ3v) is 8.77. The van der Waals surface area contributed by atoms with Gasteiger partial charge in [0.15, 0.2) is 0 Å². The number of ether oxygens (including phenoxy) is 1. The number of amides is 3. The summed E-state index contributed by atoms with van der Waals surface area (Å²) in [7, 11) is 1.58. The summed E-state index contributed by atoms with van der Waals surface area (Å²) in [5, 5.41) is 10.3. The SMILES string of the molecule is COc1ccccc1-c1ccc(C=C(NC(=O)c2ccccc2)C(=O)Nc2ccc(SC(C)C(=O)Nc3cccc4ccccc34)cc2)o1. The van der Waals surface area contributed by atoms with Gasteiger partial charge >= 0.3 is 0 Å². The van der Waals surface area contributed by atoms with Crippen LogP contribution in [0.25, 0.3) is 28.2 Å². The summed E-state index contributed by atoms with van der Waals surface area (Å²) in [4.78, 5) is 40.6. The number of nitrogens with one attached hydrogen (secondary N) is 3. The molecule has 8 nitrogen and oxygen atoms in total. The number of rotatable bonds is 11. The highest BCUT2D eigenvalue weighted by Gasteiger charge is 2.18. The van der Waals surface area contributed by atoms with Gasteiger partial charge in [0.05, 0.1) is 17.9 Å². The van der Waals surface area contributed by atoms with Crippen LogP contribution in [0, 0.1) is 0 Å². The van der Waals surface area contributed by atoms with E-state index in [1.807, 2.05) is 91.9 Å². The van der Waals surface area contributed by atoms with E-state index in [0.717, 1.165) is 26.9 Å². The number of para-hydroxylation sites is 1. The maximum atomic E-state index is 13.6. The minimum atomic E-state index is -0.539. The highest BCUT2D eigenvalue weighted by atomic mass is 32.2. The first-order chi connectivity index (χ1) is 23.9. The van der Waals surface area contributed by atoms with Gasteiger partial charge in [-0.05, 0) is 79.0 Å². The Hall–Kier alpha value is -6.06. The normalized spacial score (nSPS) is 11.8. The van der Waals surface area contributed by atoms with E-state index in [1.54, 1.807) is 55.6 Å². The highest BCUT2D eigenvalue weighted by molar-refractivity contribution is 8.00. The largest absolute Gasteiger partial charge is 0.496 e. The molecule has 49 heavy (non-hydrogen) atoms. The van der Waals surface area contributed by atoms with Gasteiger partial charge in [-0.3, -0.25) is 14.4 Å². The van der Waals surface area contributed by atoms with E-state index >= 15 is 0 Å². The van der Waals surface area contributed by atoms with E-state index in [0.29, 0.717) is 28.5 Å². The Labute approximate surface area is 288 Å². The summed E-state index contributed by atoms with van der Waals surface area (Å²) in [5.41, 5.74) is 2.42. The molecule has 0 saturated heterocycles. The van der Waals surface area contributed by atoms with Crippen molar-refractivity contribution in [1.82, 2.24) is 5.32 Å². The molecule has 5 aromatic carbocycles. The zero-order chi connectivity index (χ0) is 34.2. The molecule has 1 heterocycles. The molecular formula is C40H33N3O5S. The number of methoxy groups -OCH3 is 1. The Morgan fingerprint density at radius 3 is 2.27 bits per heavy atom. The van der Waals surface area contributed by atoms with Crippen molar-refractivity contribution in [3.05, 3.63) is 150 Å². The molecule has 1 unspecified atom stereocenters. The Balaban J connectivity index is 1.15. The van der Waals surface area contributed by atoms with E-state index in [9.17, 15) is 14.4 Å². The van der Waals surface area contributed by atoms with E-state index in [2.05, 4.69) is 16.0 Å². The van der Waals surface area contributed by atoms with Crippen LogP contribution in [0.4, 0.5) is 11.4 Å². The predicted molar refractivity (Wildman–Crippen MR) is 196 cm³/mol. The van der Waals surface area contributed by atoms with Gasteiger partial charge < -0.3 is 25.1 Å². The summed E-state index contributed by atoms with van der Waals surface area (Å²) in [6, 6.07) is 40.5. The van der Waals surface area contributed by atoms with Gasteiger partial charge in [-0.1, -0.05) is 66.7 Å². The zero-order valence-electron chi connectivity index (χ0n) is 26.8. The second-order valence-electron chi connectivity index (χ2n) is 11.0. The van der Waals surface area contributed by atoms with Gasteiger partial charge in [-0.15, -0.1) is 11.8 Å². The van der Waals surface area contributed by atoms with Crippen molar-refractivity contribution in [2.24, 2.45) is 0 Å². The van der Waals surface area contributed by atoms with E-state index in [4.69, 9.17) is 9.15 Å². The van der Waals surface area contributed by atoms with Crippen LogP contribution in [0.5, 0.6) is 5.75 Å². The quantitative estimate of drug-likeness (QED) is 0.0943. The summed E-state index contributed by atoms with van der Waals surface area (Å²) < 4.78 is 11.5. The smallest absolute Gasteiger partial charge is 0.272 e. The molecule has 0 fully saturated rings. The molecule has 0 radical (unpaired) electrons. The van der Waals surface area contributed by atoms with Crippen LogP contribution in [-0.4, -0.2) is 30.1 Å². The maximum Gasteiger partial charge on any atom is 0.272 e. The van der Waals surface area contributed by atoms with Crippen molar-refractivity contribution in [2.75, 3.05) is 17.7 Å². The lowest BCUT2D eigenvalue weighted by atomic mass is 10.1. The topological polar surface area (TPSA) is 110 Å². The standard InChI is InChI=1S/C40H33N3O5S/c1-26(38(44)42-34-17-10-14-27-11-6-7-15-32(27)34)49-31-22-19-29(20-23-31)41-40(46)35(43-39(45)28-12-4-3-5-13-28)25-30-21-24-37(48-30)33-16-8-9-18-36(33)47-2/h3-26H,1-2H3,(H,41,46)(H,42,44)(H,43,45). The first-order valence-electron chi connectivity index (χ1n) is 15.6. The average molecular weight is 668 g/mol. The maximum absolute atomic E-state index is 13.6. The van der Waals surface area contributed by atoms with E-state index in [1.165, 1.54) is 17.8 Å². The minimum Gasteiger partial charge on any atom is -0.496 e. The Bertz CT molecular complexity index is 2140. The average Bonchev–Trinajstić information content (AvgIpc) is 3.61. The number of carbonyl (C=O) groups is 3. The Morgan fingerprint density at radius 1 is 0.755 bits per heavy atom. The first kappa shape index (κ1) is 32.9. The number of anilines is 2. The Morgan fingerprint density at radius 2 is 1.47 bits per heavy atom. The number of furan rings is 1. The van der Waals surface area contributed by atoms with Gasteiger partial charge in [0.2, 0.25) is 5.91 Å². The first-order valence-corrected chi connectivity index (χ1v) is 16.4. The van der Waals surface area contributed by atoms with Gasteiger partial charge in [-0.25, -0.2) is 0 Å². The fraction of sp³-hybridized carbons (Fsp3) is 0.0750. The molecule has 1 atom stereocenters. The third kappa shape index (κ3) is 8.09. The van der Waals surface area contributed by atoms with Crippen molar-refractivity contribution in [3.8, 4) is 17.1 Å². The van der Waals surface area contributed by atoms with Crippen LogP contribution in [0.15, 0.2) is 148 Å². The predicted octanol–water partition coefficient (Wildman–Crippen LogP) is 8.64. The van der Waals surface area contributed by atoms with Crippen LogP contribution in [-0.2, 0) is 9.59 Å². The van der Waals surface area contributed by atoms with Gasteiger partial charge in [0.25, 0.3) is 11.8 Å². The van der Waals surface area contributed by atoms with Crippen molar-refractivity contribution < 1.29 is 23.5 Å². The number of carbonyl (C=O) groups excluding carboxylic acids is 3. The fourth-order valence-electron chi connectivity index (χ4n) is 5.15. The molecule has 3 N–H and O–H groups in total. The minimum absolute atomic E-state index is 0.00744. The highest BCUT2D eigenvalue weighted by Crippen LogP contribution is 2.32. The van der Waals surface area contributed by atoms with Crippen molar-refractivity contribution >= 4 is 57.7 Å². The molecule has 0 aliphatic carbocycles. The molecule has 244 valence electrons. The van der Waals surface area contributed by atoms with Crippen LogP contribution in [0.3, 0.4) is 0 Å². The molecule has 0 spiro atoms. The van der Waals surface area contributed by atoms with Gasteiger partial charge in [0, 0.05) is 33.3 Å². The number of thioether (sulfide) groups is 1. The lowest BCUT2D eigenvalue weighted by molar-refractivity contribution is -0.115. The van der Waals surface area contributed by atoms with Crippen LogP contribution in [0.2, 0.25) is 0 Å². The van der Waals surface area contributed by atoms with E-state index in [-0.39, 0.29) is 16.9 Å². The van der Waals surface area contributed by atoms with Crippen LogP contribution < -0.4 is 20.7 Å². The molecule has 0 saturated carbocycles. The number of fused-ring (bicyclic) bond motifs is 1. The second kappa shape index (κ2) is 15.2. The lowest BCUT2D eigenvalue weighted by Crippen LogP contribution is -2.30. The third-order valence-electron chi connectivity index (χ3n) is 7.66. The van der Waals surface area contributed by atoms with Crippen LogP contribution >= 0.6 is 11.8 Å². The van der Waals surface area contributed by atoms with E-state index < -0.39 is 11.8 Å². The molecule has 6 rings (SSSR count). The lowest BCUT2D eigenvalue weighted by Gasteiger charge is -2.14. The summed E-state index contributed by atoms with van der Waals surface area (Å²) in [6.07, 6.45) is 1.48. The van der Waals surface area contributed by atoms with Crippen LogP contribution in [0.1, 0.15) is 23.0 Å². The molecule has 1 aromatic heterocycles.